The summed E-state index contributed by atoms with van der Waals surface area (Å²) in [5.41, 5.74) is 1.56. The van der Waals surface area contributed by atoms with Crippen LogP contribution < -0.4 is 14.5 Å². The van der Waals surface area contributed by atoms with E-state index in [0.29, 0.717) is 35.3 Å². The number of nitrogens with zero attached hydrogens (tertiary/aromatic N) is 4. The van der Waals surface area contributed by atoms with Gasteiger partial charge >= 0.3 is 0 Å². The lowest BCUT2D eigenvalue weighted by Crippen LogP contribution is -2.34. The summed E-state index contributed by atoms with van der Waals surface area (Å²) in [6.07, 6.45) is 1.15. The first-order chi connectivity index (χ1) is 16.4. The van der Waals surface area contributed by atoms with Crippen LogP contribution in [-0.2, 0) is 9.59 Å². The standard InChI is InChI=1S/C25H28N4O4S.ClH/c1-4-33-19-10-6-11-20-23(19)26-25(34-20)28(15-7-14-27(2)3)24(32)17-8-5-9-18(16-17)29-21(30)12-13-22(29)31;/h5-6,8-11,16H,4,7,12-15H2,1-3H3;1H. The van der Waals surface area contributed by atoms with Crippen LogP contribution in [0.4, 0.5) is 10.8 Å². The van der Waals surface area contributed by atoms with Gasteiger partial charge in [-0.2, -0.15) is 0 Å². The molecule has 0 aliphatic carbocycles. The summed E-state index contributed by atoms with van der Waals surface area (Å²) in [7, 11) is 3.98. The number of ether oxygens (including phenoxy) is 1. The van der Waals surface area contributed by atoms with Crippen LogP contribution >= 0.6 is 23.7 Å². The molecular weight excluding hydrogens is 488 g/mol. The van der Waals surface area contributed by atoms with Gasteiger partial charge in [0, 0.05) is 24.9 Å². The number of para-hydroxylation sites is 1. The second-order valence-corrected chi connectivity index (χ2v) is 9.33. The van der Waals surface area contributed by atoms with Gasteiger partial charge in [-0.1, -0.05) is 23.5 Å². The molecule has 2 aromatic carbocycles. The van der Waals surface area contributed by atoms with Gasteiger partial charge in [-0.3, -0.25) is 24.2 Å². The number of fused-ring (bicyclic) bond motifs is 1. The Bertz CT molecular complexity index is 1210. The fourth-order valence-electron chi connectivity index (χ4n) is 3.93. The quantitative estimate of drug-likeness (QED) is 0.393. The first kappa shape index (κ1) is 26.6. The van der Waals surface area contributed by atoms with E-state index >= 15 is 0 Å². The fourth-order valence-corrected chi connectivity index (χ4v) is 4.93. The number of amides is 3. The van der Waals surface area contributed by atoms with E-state index in [4.69, 9.17) is 9.72 Å². The summed E-state index contributed by atoms with van der Waals surface area (Å²) in [5.74, 6) is -0.0212. The van der Waals surface area contributed by atoms with E-state index in [9.17, 15) is 14.4 Å². The van der Waals surface area contributed by atoms with Crippen molar-refractivity contribution in [3.63, 3.8) is 0 Å². The van der Waals surface area contributed by atoms with Crippen molar-refractivity contribution in [3.05, 3.63) is 48.0 Å². The van der Waals surface area contributed by atoms with Gasteiger partial charge in [0.25, 0.3) is 5.91 Å². The largest absolute Gasteiger partial charge is 0.492 e. The summed E-state index contributed by atoms with van der Waals surface area (Å²) < 4.78 is 6.67. The highest BCUT2D eigenvalue weighted by Gasteiger charge is 2.31. The first-order valence-electron chi connectivity index (χ1n) is 11.3. The topological polar surface area (TPSA) is 83.0 Å². The second kappa shape index (κ2) is 11.6. The molecule has 2 heterocycles. The monoisotopic (exact) mass is 516 g/mol. The summed E-state index contributed by atoms with van der Waals surface area (Å²) in [4.78, 5) is 47.8. The Morgan fingerprint density at radius 1 is 1.09 bits per heavy atom. The Morgan fingerprint density at radius 2 is 1.80 bits per heavy atom. The number of carbonyl (C=O) groups excluding carboxylic acids is 3. The number of hydrogen-bond donors (Lipinski definition) is 0. The smallest absolute Gasteiger partial charge is 0.260 e. The van der Waals surface area contributed by atoms with Crippen molar-refractivity contribution in [1.82, 2.24) is 9.88 Å². The lowest BCUT2D eigenvalue weighted by Gasteiger charge is -2.22. The Morgan fingerprint density at radius 3 is 2.49 bits per heavy atom. The molecule has 0 atom stereocenters. The zero-order valence-electron chi connectivity index (χ0n) is 20.0. The molecule has 35 heavy (non-hydrogen) atoms. The number of rotatable bonds is 9. The molecule has 1 fully saturated rings. The van der Waals surface area contributed by atoms with E-state index in [2.05, 4.69) is 4.90 Å². The second-order valence-electron chi connectivity index (χ2n) is 8.32. The van der Waals surface area contributed by atoms with E-state index in [0.717, 1.165) is 23.2 Å². The fraction of sp³-hybridized carbons (Fsp3) is 0.360. The van der Waals surface area contributed by atoms with E-state index in [1.165, 1.54) is 16.2 Å². The van der Waals surface area contributed by atoms with Crippen molar-refractivity contribution in [3.8, 4) is 5.75 Å². The number of thiazole rings is 1. The van der Waals surface area contributed by atoms with Crippen LogP contribution in [0.2, 0.25) is 0 Å². The van der Waals surface area contributed by atoms with Crippen LogP contribution in [0.3, 0.4) is 0 Å². The Kier molecular flexibility index (Phi) is 8.82. The Balaban J connectivity index is 0.00000342. The molecule has 1 aromatic heterocycles. The lowest BCUT2D eigenvalue weighted by molar-refractivity contribution is -0.121. The maximum Gasteiger partial charge on any atom is 0.260 e. The molecule has 8 nitrogen and oxygen atoms in total. The molecule has 4 rings (SSSR count). The third kappa shape index (κ3) is 5.80. The van der Waals surface area contributed by atoms with Crippen molar-refractivity contribution >= 4 is 62.5 Å². The predicted octanol–water partition coefficient (Wildman–Crippen LogP) is 4.37. The van der Waals surface area contributed by atoms with Gasteiger partial charge in [-0.15, -0.1) is 12.4 Å². The molecule has 0 spiro atoms. The molecular formula is C25H29ClN4O4S. The molecule has 10 heteroatoms. The van der Waals surface area contributed by atoms with Crippen LogP contribution in [0.5, 0.6) is 5.75 Å². The molecule has 1 saturated heterocycles. The molecule has 1 aliphatic heterocycles. The molecule has 0 saturated carbocycles. The minimum Gasteiger partial charge on any atom is -0.492 e. The minimum absolute atomic E-state index is 0. The molecule has 0 bridgehead atoms. The maximum absolute atomic E-state index is 13.7. The predicted molar refractivity (Wildman–Crippen MR) is 141 cm³/mol. The van der Waals surface area contributed by atoms with Crippen molar-refractivity contribution in [1.29, 1.82) is 0 Å². The highest BCUT2D eigenvalue weighted by Crippen LogP contribution is 2.35. The van der Waals surface area contributed by atoms with Crippen LogP contribution in [0.15, 0.2) is 42.5 Å². The molecule has 0 N–H and O–H groups in total. The SMILES string of the molecule is CCOc1cccc2sc(N(CCCN(C)C)C(=O)c3cccc(N4C(=O)CCC4=O)c3)nc12.Cl. The molecule has 3 aromatic rings. The molecule has 0 radical (unpaired) electrons. The number of carbonyl (C=O) groups is 3. The van der Waals surface area contributed by atoms with Crippen LogP contribution in [-0.4, -0.2) is 61.4 Å². The minimum atomic E-state index is -0.243. The third-order valence-electron chi connectivity index (χ3n) is 5.54. The number of imide groups is 1. The number of halogens is 1. The zero-order valence-corrected chi connectivity index (χ0v) is 21.7. The summed E-state index contributed by atoms with van der Waals surface area (Å²) in [6, 6.07) is 12.5. The van der Waals surface area contributed by atoms with Gasteiger partial charge in [-0.25, -0.2) is 4.98 Å². The normalized spacial score (nSPS) is 13.4. The molecule has 3 amide bonds. The van der Waals surface area contributed by atoms with Gasteiger partial charge in [0.2, 0.25) is 11.8 Å². The van der Waals surface area contributed by atoms with Gasteiger partial charge in [0.15, 0.2) is 5.13 Å². The Hall–Kier alpha value is -3.01. The highest BCUT2D eigenvalue weighted by atomic mass is 35.5. The number of benzene rings is 2. The van der Waals surface area contributed by atoms with Crippen molar-refractivity contribution in [2.45, 2.75) is 26.2 Å². The van der Waals surface area contributed by atoms with Gasteiger partial charge in [-0.05, 0) is 64.3 Å². The maximum atomic E-state index is 13.7. The summed E-state index contributed by atoms with van der Waals surface area (Å²) >= 11 is 1.44. The number of anilines is 2. The van der Waals surface area contributed by atoms with E-state index in [1.54, 1.807) is 29.2 Å². The molecule has 1 aliphatic rings. The van der Waals surface area contributed by atoms with Crippen molar-refractivity contribution < 1.29 is 19.1 Å². The van der Waals surface area contributed by atoms with Gasteiger partial charge in [0.1, 0.15) is 11.3 Å². The summed E-state index contributed by atoms with van der Waals surface area (Å²) in [6.45, 7) is 3.74. The van der Waals surface area contributed by atoms with Crippen LogP contribution in [0.1, 0.15) is 36.5 Å². The zero-order chi connectivity index (χ0) is 24.2. The van der Waals surface area contributed by atoms with Gasteiger partial charge < -0.3 is 9.64 Å². The summed E-state index contributed by atoms with van der Waals surface area (Å²) in [5, 5.41) is 0.588. The van der Waals surface area contributed by atoms with Crippen molar-refractivity contribution in [2.75, 3.05) is 43.6 Å². The van der Waals surface area contributed by atoms with E-state index in [1.807, 2.05) is 39.2 Å². The highest BCUT2D eigenvalue weighted by molar-refractivity contribution is 7.22. The first-order valence-corrected chi connectivity index (χ1v) is 12.2. The average molecular weight is 517 g/mol. The number of aromatic nitrogens is 1. The van der Waals surface area contributed by atoms with Crippen LogP contribution in [0, 0.1) is 0 Å². The average Bonchev–Trinajstić information content (AvgIpc) is 3.40. The Labute approximate surface area is 214 Å². The van der Waals surface area contributed by atoms with Crippen molar-refractivity contribution in [2.24, 2.45) is 0 Å². The number of hydrogen-bond acceptors (Lipinski definition) is 7. The van der Waals surface area contributed by atoms with Crippen LogP contribution in [0.25, 0.3) is 10.2 Å². The van der Waals surface area contributed by atoms with E-state index in [-0.39, 0.29) is 43.0 Å². The lowest BCUT2D eigenvalue weighted by atomic mass is 10.1. The molecule has 186 valence electrons. The third-order valence-corrected chi connectivity index (χ3v) is 6.58. The van der Waals surface area contributed by atoms with E-state index < -0.39 is 0 Å². The van der Waals surface area contributed by atoms with Gasteiger partial charge in [0.05, 0.1) is 17.0 Å². The molecule has 0 unspecified atom stereocenters.